The van der Waals surface area contributed by atoms with E-state index in [9.17, 15) is 0 Å². The van der Waals surface area contributed by atoms with Crippen LogP contribution in [0.4, 0.5) is 0 Å². The van der Waals surface area contributed by atoms with Crippen LogP contribution in [0.25, 0.3) is 0 Å². The summed E-state index contributed by atoms with van der Waals surface area (Å²) in [5.74, 6) is 1.23. The van der Waals surface area contributed by atoms with Crippen molar-refractivity contribution < 1.29 is 4.74 Å². The Kier molecular flexibility index (Phi) is 4.62. The molecule has 1 aliphatic carbocycles. The van der Waals surface area contributed by atoms with E-state index in [1.165, 1.54) is 16.7 Å². The molecule has 0 saturated heterocycles. The van der Waals surface area contributed by atoms with Crippen molar-refractivity contribution >= 4 is 23.2 Å². The third-order valence-corrected chi connectivity index (χ3v) is 5.21. The highest BCUT2D eigenvalue weighted by molar-refractivity contribution is 6.42. The number of methoxy groups -OCH3 is 1. The highest BCUT2D eigenvalue weighted by Crippen LogP contribution is 2.39. The molecule has 0 aliphatic heterocycles. The van der Waals surface area contributed by atoms with E-state index in [2.05, 4.69) is 23.5 Å². The molecule has 0 unspecified atom stereocenters. The summed E-state index contributed by atoms with van der Waals surface area (Å²) in [6.45, 7) is 0. The highest BCUT2D eigenvalue weighted by atomic mass is 35.5. The number of benzene rings is 2. The molecule has 2 atom stereocenters. The van der Waals surface area contributed by atoms with Crippen LogP contribution < -0.4 is 10.1 Å². The van der Waals surface area contributed by atoms with Crippen LogP contribution in [-0.2, 0) is 6.42 Å². The maximum absolute atomic E-state index is 6.21. The molecule has 4 heteroatoms. The Morgan fingerprint density at radius 2 is 1.91 bits per heavy atom. The van der Waals surface area contributed by atoms with E-state index in [4.69, 9.17) is 27.9 Å². The van der Waals surface area contributed by atoms with Gasteiger partial charge in [-0.25, -0.2) is 0 Å². The van der Waals surface area contributed by atoms with Crippen molar-refractivity contribution in [3.05, 3.63) is 63.1 Å². The van der Waals surface area contributed by atoms with Gasteiger partial charge in [0.25, 0.3) is 0 Å². The second kappa shape index (κ2) is 6.49. The van der Waals surface area contributed by atoms with Crippen LogP contribution in [0.1, 0.15) is 29.0 Å². The summed E-state index contributed by atoms with van der Waals surface area (Å²) in [5.41, 5.74) is 3.90. The smallest absolute Gasteiger partial charge is 0.119 e. The number of ether oxygens (including phenoxy) is 1. The van der Waals surface area contributed by atoms with Gasteiger partial charge in [-0.2, -0.15) is 0 Å². The Morgan fingerprint density at radius 3 is 2.59 bits per heavy atom. The number of hydrogen-bond acceptors (Lipinski definition) is 2. The van der Waals surface area contributed by atoms with E-state index in [-0.39, 0.29) is 0 Å². The van der Waals surface area contributed by atoms with Gasteiger partial charge < -0.3 is 10.1 Å². The lowest BCUT2D eigenvalue weighted by Crippen LogP contribution is -2.34. The summed E-state index contributed by atoms with van der Waals surface area (Å²) in [7, 11) is 3.72. The third-order valence-electron chi connectivity index (χ3n) is 4.47. The van der Waals surface area contributed by atoms with Gasteiger partial charge in [-0.3, -0.25) is 0 Å². The lowest BCUT2D eigenvalue weighted by atomic mass is 9.76. The van der Waals surface area contributed by atoms with Crippen molar-refractivity contribution in [2.45, 2.75) is 24.8 Å². The molecule has 22 heavy (non-hydrogen) atoms. The molecule has 1 aliphatic rings. The molecule has 0 saturated carbocycles. The fourth-order valence-electron chi connectivity index (χ4n) is 3.25. The Labute approximate surface area is 141 Å². The van der Waals surface area contributed by atoms with Gasteiger partial charge in [0.15, 0.2) is 0 Å². The maximum Gasteiger partial charge on any atom is 0.119 e. The summed E-state index contributed by atoms with van der Waals surface area (Å²) in [5, 5.41) is 4.62. The number of likely N-dealkylation sites (N-methyl/N-ethyl adjacent to an activating group) is 1. The second-order valence-corrected chi connectivity index (χ2v) is 6.53. The molecule has 3 rings (SSSR count). The molecular formula is C18H19Cl2NO. The fourth-order valence-corrected chi connectivity index (χ4v) is 3.56. The molecule has 0 heterocycles. The average molecular weight is 336 g/mol. The predicted molar refractivity (Wildman–Crippen MR) is 92.5 cm³/mol. The summed E-state index contributed by atoms with van der Waals surface area (Å²) < 4.78 is 5.37. The van der Waals surface area contributed by atoms with Crippen LogP contribution in [-0.4, -0.2) is 20.2 Å². The third kappa shape index (κ3) is 2.96. The average Bonchev–Trinajstić information content (AvgIpc) is 2.55. The normalized spacial score (nSPS) is 20.5. The predicted octanol–water partition coefficient (Wildman–Crippen LogP) is 4.67. The Morgan fingerprint density at radius 1 is 1.09 bits per heavy atom. The molecular weight excluding hydrogens is 317 g/mol. The van der Waals surface area contributed by atoms with Crippen molar-refractivity contribution in [2.75, 3.05) is 14.2 Å². The van der Waals surface area contributed by atoms with Gasteiger partial charge in [0.1, 0.15) is 5.75 Å². The van der Waals surface area contributed by atoms with E-state index in [0.717, 1.165) is 18.6 Å². The van der Waals surface area contributed by atoms with Gasteiger partial charge in [-0.1, -0.05) is 35.3 Å². The molecule has 116 valence electrons. The van der Waals surface area contributed by atoms with Crippen LogP contribution in [0, 0.1) is 0 Å². The van der Waals surface area contributed by atoms with Gasteiger partial charge in [0, 0.05) is 12.0 Å². The van der Waals surface area contributed by atoms with Crippen molar-refractivity contribution in [3.8, 4) is 5.75 Å². The summed E-state index contributed by atoms with van der Waals surface area (Å²) in [6.07, 6.45) is 2.06. The first kappa shape index (κ1) is 15.7. The fraction of sp³-hybridized carbons (Fsp3) is 0.333. The van der Waals surface area contributed by atoms with Crippen LogP contribution in [0.3, 0.4) is 0 Å². The zero-order valence-electron chi connectivity index (χ0n) is 12.7. The largest absolute Gasteiger partial charge is 0.497 e. The van der Waals surface area contributed by atoms with E-state index in [1.807, 2.05) is 25.2 Å². The lowest BCUT2D eigenvalue weighted by molar-refractivity contribution is 0.410. The van der Waals surface area contributed by atoms with E-state index >= 15 is 0 Å². The van der Waals surface area contributed by atoms with E-state index in [0.29, 0.717) is 22.0 Å². The first-order chi connectivity index (χ1) is 10.6. The topological polar surface area (TPSA) is 21.3 Å². The molecule has 2 nitrogen and oxygen atoms in total. The summed E-state index contributed by atoms with van der Waals surface area (Å²) in [4.78, 5) is 0. The minimum absolute atomic E-state index is 0.321. The minimum Gasteiger partial charge on any atom is -0.497 e. The van der Waals surface area contributed by atoms with Crippen molar-refractivity contribution in [2.24, 2.45) is 0 Å². The van der Waals surface area contributed by atoms with Crippen LogP contribution >= 0.6 is 23.2 Å². The second-order valence-electron chi connectivity index (χ2n) is 5.72. The number of halogens is 2. The number of fused-ring (bicyclic) bond motifs is 1. The van der Waals surface area contributed by atoms with Gasteiger partial charge >= 0.3 is 0 Å². The van der Waals surface area contributed by atoms with Crippen molar-refractivity contribution in [1.82, 2.24) is 5.32 Å². The quantitative estimate of drug-likeness (QED) is 0.880. The van der Waals surface area contributed by atoms with Crippen LogP contribution in [0.15, 0.2) is 36.4 Å². The molecule has 2 aromatic rings. The molecule has 2 aromatic carbocycles. The minimum atomic E-state index is 0.321. The molecule has 0 aromatic heterocycles. The number of hydrogen-bond donors (Lipinski definition) is 1. The summed E-state index contributed by atoms with van der Waals surface area (Å²) >= 11 is 12.3. The highest BCUT2D eigenvalue weighted by Gasteiger charge is 2.28. The van der Waals surface area contributed by atoms with Gasteiger partial charge in [0.05, 0.1) is 17.2 Å². The zero-order chi connectivity index (χ0) is 15.7. The molecule has 0 amide bonds. The van der Waals surface area contributed by atoms with Gasteiger partial charge in [0.2, 0.25) is 0 Å². The standard InChI is InChI=1S/C18H19Cl2NO/c1-21-13-7-12-8-14(22-2)4-5-15(12)16(10-13)11-3-6-17(19)18(20)9-11/h3-6,8-9,13,16,21H,7,10H2,1-2H3/t13-,16-/m1/s1. The summed E-state index contributed by atoms with van der Waals surface area (Å²) in [6, 6.07) is 12.7. The van der Waals surface area contributed by atoms with Gasteiger partial charge in [-0.15, -0.1) is 0 Å². The first-order valence-corrected chi connectivity index (χ1v) is 8.17. The SMILES string of the molecule is CN[C@@H]1Cc2cc(OC)ccc2[C@@H](c2ccc(Cl)c(Cl)c2)C1. The molecule has 0 spiro atoms. The molecule has 1 N–H and O–H groups in total. The van der Waals surface area contributed by atoms with Crippen LogP contribution in [0.5, 0.6) is 5.75 Å². The molecule has 0 bridgehead atoms. The molecule has 0 fully saturated rings. The molecule has 0 radical (unpaired) electrons. The Hall–Kier alpha value is -1.22. The van der Waals surface area contributed by atoms with Crippen LogP contribution in [0.2, 0.25) is 10.0 Å². The van der Waals surface area contributed by atoms with E-state index in [1.54, 1.807) is 7.11 Å². The van der Waals surface area contributed by atoms with Crippen molar-refractivity contribution in [3.63, 3.8) is 0 Å². The Bertz CT molecular complexity index is 687. The Balaban J connectivity index is 2.05. The van der Waals surface area contributed by atoms with Gasteiger partial charge in [-0.05, 0) is 60.8 Å². The van der Waals surface area contributed by atoms with E-state index < -0.39 is 0 Å². The first-order valence-electron chi connectivity index (χ1n) is 7.41. The number of nitrogens with one attached hydrogen (secondary N) is 1. The number of rotatable bonds is 3. The van der Waals surface area contributed by atoms with Crippen molar-refractivity contribution in [1.29, 1.82) is 0 Å². The lowest BCUT2D eigenvalue weighted by Gasteiger charge is -2.32. The monoisotopic (exact) mass is 335 g/mol. The zero-order valence-corrected chi connectivity index (χ0v) is 14.2. The maximum atomic E-state index is 6.21.